The minimum absolute atomic E-state index is 0.0848. The van der Waals surface area contributed by atoms with Crippen LogP contribution < -0.4 is 15.0 Å². The average Bonchev–Trinajstić information content (AvgIpc) is 3.65. The molecular weight excluding hydrogens is 528 g/mol. The van der Waals surface area contributed by atoms with Crippen LogP contribution in [0.1, 0.15) is 42.9 Å². The van der Waals surface area contributed by atoms with E-state index in [2.05, 4.69) is 20.7 Å². The van der Waals surface area contributed by atoms with Gasteiger partial charge in [0.05, 0.1) is 7.11 Å². The van der Waals surface area contributed by atoms with E-state index in [0.717, 1.165) is 36.8 Å². The number of rotatable bonds is 9. The molecule has 1 N–H and O–H groups in total. The number of halogens is 1. The number of carbonyl (C=O) groups excluding carboxylic acids is 2. The van der Waals surface area contributed by atoms with E-state index in [9.17, 15) is 9.59 Å². The van der Waals surface area contributed by atoms with Gasteiger partial charge in [-0.05, 0) is 66.9 Å². The third-order valence-corrected chi connectivity index (χ3v) is 7.29. The molecular formula is C30H31ClN6O3. The molecule has 1 aliphatic rings. The lowest BCUT2D eigenvalue weighted by Gasteiger charge is -2.32. The molecule has 0 unspecified atom stereocenters. The first-order valence-electron chi connectivity index (χ1n) is 13.3. The van der Waals surface area contributed by atoms with Crippen molar-refractivity contribution in [3.63, 3.8) is 0 Å². The first kappa shape index (κ1) is 27.3. The molecule has 1 aliphatic carbocycles. The number of aryl methyl sites for hydroxylation is 1. The summed E-state index contributed by atoms with van der Waals surface area (Å²) in [5.41, 5.74) is 3.00. The summed E-state index contributed by atoms with van der Waals surface area (Å²) in [6.07, 6.45) is 4.00. The second-order valence-corrected chi connectivity index (χ2v) is 10.4. The smallest absolute Gasteiger partial charge is 0.251 e. The molecule has 0 bridgehead atoms. The van der Waals surface area contributed by atoms with Crippen LogP contribution in [-0.4, -0.2) is 45.2 Å². The number of methoxy groups -OCH3 is 1. The van der Waals surface area contributed by atoms with E-state index in [4.69, 9.17) is 16.3 Å². The predicted molar refractivity (Wildman–Crippen MR) is 153 cm³/mol. The Balaban J connectivity index is 1.51. The highest BCUT2D eigenvalue weighted by molar-refractivity contribution is 6.30. The van der Waals surface area contributed by atoms with Crippen molar-refractivity contribution in [3.8, 4) is 17.1 Å². The fourth-order valence-corrected chi connectivity index (χ4v) is 5.06. The molecule has 1 heterocycles. The Morgan fingerprint density at radius 1 is 1.07 bits per heavy atom. The average molecular weight is 559 g/mol. The molecule has 5 rings (SSSR count). The number of tetrazole rings is 1. The Hall–Kier alpha value is -4.24. The number of ether oxygens (including phenoxy) is 1. The Morgan fingerprint density at radius 2 is 1.80 bits per heavy atom. The van der Waals surface area contributed by atoms with E-state index >= 15 is 0 Å². The maximum absolute atomic E-state index is 14.1. The van der Waals surface area contributed by atoms with E-state index in [1.807, 2.05) is 31.2 Å². The normalized spacial score (nSPS) is 14.1. The van der Waals surface area contributed by atoms with Crippen LogP contribution in [0.2, 0.25) is 5.02 Å². The van der Waals surface area contributed by atoms with Gasteiger partial charge in [0.25, 0.3) is 5.91 Å². The summed E-state index contributed by atoms with van der Waals surface area (Å²) >= 11 is 6.00. The van der Waals surface area contributed by atoms with E-state index in [-0.39, 0.29) is 24.4 Å². The van der Waals surface area contributed by atoms with E-state index in [1.54, 1.807) is 55.6 Å². The number of aromatic nitrogens is 4. The van der Waals surface area contributed by atoms with Gasteiger partial charge >= 0.3 is 0 Å². The molecule has 0 spiro atoms. The van der Waals surface area contributed by atoms with Crippen molar-refractivity contribution < 1.29 is 14.3 Å². The SMILES string of the molecule is COc1cccc(N(C(=O)Cn2nnc(-c3ccc(Cl)cc3)n2)[C@@H](C(=O)NC2CCCC2)c2ccc(C)cc2)c1. The molecule has 4 aromatic rings. The van der Waals surface area contributed by atoms with E-state index in [0.29, 0.717) is 27.8 Å². The fourth-order valence-electron chi connectivity index (χ4n) is 4.94. The number of anilines is 1. The largest absolute Gasteiger partial charge is 0.497 e. The van der Waals surface area contributed by atoms with Gasteiger partial charge in [0.15, 0.2) is 0 Å². The van der Waals surface area contributed by atoms with Crippen LogP contribution in [0.5, 0.6) is 5.75 Å². The molecule has 40 heavy (non-hydrogen) atoms. The zero-order valence-corrected chi connectivity index (χ0v) is 23.2. The number of hydrogen-bond acceptors (Lipinski definition) is 6. The van der Waals surface area contributed by atoms with Gasteiger partial charge in [-0.1, -0.05) is 60.3 Å². The Morgan fingerprint density at radius 3 is 2.50 bits per heavy atom. The third-order valence-electron chi connectivity index (χ3n) is 7.03. The molecule has 206 valence electrons. The highest BCUT2D eigenvalue weighted by Gasteiger charge is 2.35. The maximum atomic E-state index is 14.1. The standard InChI is InChI=1S/C30H31ClN6O3/c1-20-10-12-21(13-11-20)28(30(39)32-24-6-3-4-7-24)37(25-8-5-9-26(18-25)40-2)27(38)19-36-34-29(33-35-36)22-14-16-23(31)17-15-22/h5,8-18,24,28H,3-4,6-7,19H2,1-2H3,(H,32,39)/t28-/m1/s1. The van der Waals surface area contributed by atoms with Gasteiger partial charge in [0, 0.05) is 28.4 Å². The molecule has 1 aromatic heterocycles. The van der Waals surface area contributed by atoms with Crippen LogP contribution in [0.4, 0.5) is 5.69 Å². The minimum atomic E-state index is -0.917. The summed E-state index contributed by atoms with van der Waals surface area (Å²) < 4.78 is 5.45. The highest BCUT2D eigenvalue weighted by Crippen LogP contribution is 2.32. The topological polar surface area (TPSA) is 102 Å². The molecule has 3 aromatic carbocycles. The molecule has 1 saturated carbocycles. The van der Waals surface area contributed by atoms with Crippen molar-refractivity contribution >= 4 is 29.1 Å². The van der Waals surface area contributed by atoms with Gasteiger partial charge in [0.1, 0.15) is 18.3 Å². The lowest BCUT2D eigenvalue weighted by Crippen LogP contribution is -2.47. The van der Waals surface area contributed by atoms with Crippen molar-refractivity contribution in [2.75, 3.05) is 12.0 Å². The molecule has 0 aliphatic heterocycles. The van der Waals surface area contributed by atoms with E-state index in [1.165, 1.54) is 9.70 Å². The number of carbonyl (C=O) groups is 2. The van der Waals surface area contributed by atoms with Gasteiger partial charge in [-0.3, -0.25) is 14.5 Å². The summed E-state index contributed by atoms with van der Waals surface area (Å²) in [5.74, 6) is 0.324. The zero-order chi connectivity index (χ0) is 28.1. The first-order chi connectivity index (χ1) is 19.4. The summed E-state index contributed by atoms with van der Waals surface area (Å²) in [4.78, 5) is 30.8. The Bertz CT molecular complexity index is 1470. The van der Waals surface area contributed by atoms with Gasteiger partial charge in [-0.25, -0.2) is 0 Å². The molecule has 2 amide bonds. The number of nitrogens with one attached hydrogen (secondary N) is 1. The van der Waals surface area contributed by atoms with Gasteiger partial charge in [0.2, 0.25) is 11.7 Å². The van der Waals surface area contributed by atoms with Crippen LogP contribution >= 0.6 is 11.6 Å². The lowest BCUT2D eigenvalue weighted by atomic mass is 10.0. The van der Waals surface area contributed by atoms with Gasteiger partial charge in [-0.2, -0.15) is 4.80 Å². The molecule has 0 radical (unpaired) electrons. The van der Waals surface area contributed by atoms with Crippen LogP contribution in [-0.2, 0) is 16.1 Å². The Kier molecular flexibility index (Phi) is 8.40. The lowest BCUT2D eigenvalue weighted by molar-refractivity contribution is -0.127. The van der Waals surface area contributed by atoms with Crippen molar-refractivity contribution in [1.29, 1.82) is 0 Å². The fraction of sp³-hybridized carbons (Fsp3) is 0.300. The van der Waals surface area contributed by atoms with Crippen molar-refractivity contribution in [2.45, 2.75) is 51.2 Å². The number of nitrogens with zero attached hydrogens (tertiary/aromatic N) is 5. The number of amides is 2. The van der Waals surface area contributed by atoms with Crippen molar-refractivity contribution in [2.24, 2.45) is 0 Å². The van der Waals surface area contributed by atoms with Gasteiger partial charge < -0.3 is 10.1 Å². The van der Waals surface area contributed by atoms with Crippen LogP contribution in [0.15, 0.2) is 72.8 Å². The number of hydrogen-bond donors (Lipinski definition) is 1. The predicted octanol–water partition coefficient (Wildman–Crippen LogP) is 5.14. The first-order valence-corrected chi connectivity index (χ1v) is 13.7. The summed E-state index contributed by atoms with van der Waals surface area (Å²) in [6, 6.07) is 21.0. The minimum Gasteiger partial charge on any atom is -0.497 e. The quantitative estimate of drug-likeness (QED) is 0.305. The van der Waals surface area contributed by atoms with Crippen LogP contribution in [0.3, 0.4) is 0 Å². The summed E-state index contributed by atoms with van der Waals surface area (Å²) in [7, 11) is 1.56. The Labute approximate surface area is 238 Å². The molecule has 1 atom stereocenters. The number of benzene rings is 3. The molecule has 10 heteroatoms. The highest BCUT2D eigenvalue weighted by atomic mass is 35.5. The summed E-state index contributed by atoms with van der Waals surface area (Å²) in [5, 5.41) is 16.4. The molecule has 0 saturated heterocycles. The second kappa shape index (κ2) is 12.3. The monoisotopic (exact) mass is 558 g/mol. The molecule has 1 fully saturated rings. The maximum Gasteiger partial charge on any atom is 0.251 e. The summed E-state index contributed by atoms with van der Waals surface area (Å²) in [6.45, 7) is 1.76. The van der Waals surface area contributed by atoms with Crippen molar-refractivity contribution in [3.05, 3.63) is 88.9 Å². The second-order valence-electron chi connectivity index (χ2n) is 9.92. The van der Waals surface area contributed by atoms with E-state index < -0.39 is 6.04 Å². The molecule has 9 nitrogen and oxygen atoms in total. The van der Waals surface area contributed by atoms with Gasteiger partial charge in [-0.15, -0.1) is 10.2 Å². The third kappa shape index (κ3) is 6.31. The van der Waals surface area contributed by atoms with Crippen LogP contribution in [0.25, 0.3) is 11.4 Å². The van der Waals surface area contributed by atoms with Crippen molar-refractivity contribution in [1.82, 2.24) is 25.5 Å². The zero-order valence-electron chi connectivity index (χ0n) is 22.5. The van der Waals surface area contributed by atoms with Crippen LogP contribution in [0, 0.1) is 6.92 Å².